The zero-order valence-electron chi connectivity index (χ0n) is 16.0. The molecule has 0 aromatic heterocycles. The van der Waals surface area contributed by atoms with Crippen LogP contribution in [0.4, 0.5) is 0 Å². The number of benzene rings is 2. The van der Waals surface area contributed by atoms with Crippen molar-refractivity contribution in [2.24, 2.45) is 0 Å². The lowest BCUT2D eigenvalue weighted by atomic mass is 10.2. The number of halogens is 1. The summed E-state index contributed by atoms with van der Waals surface area (Å²) in [7, 11) is -8.34. The lowest BCUT2D eigenvalue weighted by Gasteiger charge is -2.24. The minimum atomic E-state index is -4.23. The molecular formula is C19H26ClN2O4S2+. The molecule has 2 rings (SSSR count). The fourth-order valence-electron chi connectivity index (χ4n) is 2.84. The summed E-state index contributed by atoms with van der Waals surface area (Å²) in [6.45, 7) is 5.81. The smallest absolute Gasteiger partial charge is 0.256 e. The van der Waals surface area contributed by atoms with E-state index in [0.717, 1.165) is 18.0 Å². The first kappa shape index (κ1) is 22.8. The van der Waals surface area contributed by atoms with Gasteiger partial charge in [-0.2, -0.15) is 0 Å². The summed E-state index contributed by atoms with van der Waals surface area (Å²) in [5.41, 5.74) is 0.536. The molecule has 0 atom stereocenters. The maximum atomic E-state index is 13.2. The van der Waals surface area contributed by atoms with Crippen molar-refractivity contribution in [1.29, 1.82) is 0 Å². The van der Waals surface area contributed by atoms with Crippen LogP contribution in [0.3, 0.4) is 0 Å². The normalized spacial score (nSPS) is 12.6. The largest absolute Gasteiger partial charge is 0.334 e. The molecule has 0 heterocycles. The Kier molecular flexibility index (Phi) is 8.03. The van der Waals surface area contributed by atoms with Gasteiger partial charge in [-0.25, -0.2) is 16.8 Å². The van der Waals surface area contributed by atoms with Crippen LogP contribution in [0.2, 0.25) is 5.02 Å². The molecule has 0 fully saturated rings. The Morgan fingerprint density at radius 2 is 1.46 bits per heavy atom. The lowest BCUT2D eigenvalue weighted by molar-refractivity contribution is -0.895. The highest BCUT2D eigenvalue weighted by molar-refractivity contribution is 8.03. The van der Waals surface area contributed by atoms with Gasteiger partial charge in [0.2, 0.25) is 10.0 Å². The van der Waals surface area contributed by atoms with Crippen molar-refractivity contribution in [3.8, 4) is 0 Å². The highest BCUT2D eigenvalue weighted by atomic mass is 35.5. The second-order valence-electron chi connectivity index (χ2n) is 6.40. The Labute approximate surface area is 172 Å². The van der Waals surface area contributed by atoms with E-state index < -0.39 is 20.0 Å². The van der Waals surface area contributed by atoms with Crippen molar-refractivity contribution in [2.75, 3.05) is 26.2 Å². The Morgan fingerprint density at radius 3 is 2.00 bits per heavy atom. The summed E-state index contributed by atoms with van der Waals surface area (Å²) in [5.74, 6) is -0.381. The van der Waals surface area contributed by atoms with Crippen molar-refractivity contribution in [1.82, 2.24) is 3.71 Å². The van der Waals surface area contributed by atoms with E-state index in [-0.39, 0.29) is 17.2 Å². The van der Waals surface area contributed by atoms with Gasteiger partial charge in [0.15, 0.2) is 0 Å². The van der Waals surface area contributed by atoms with E-state index in [4.69, 9.17) is 11.6 Å². The van der Waals surface area contributed by atoms with Gasteiger partial charge in [0.25, 0.3) is 10.0 Å². The van der Waals surface area contributed by atoms with E-state index in [9.17, 15) is 16.8 Å². The van der Waals surface area contributed by atoms with Gasteiger partial charge in [-0.3, -0.25) is 0 Å². The van der Waals surface area contributed by atoms with Crippen LogP contribution in [-0.4, -0.2) is 46.7 Å². The van der Waals surface area contributed by atoms with Crippen LogP contribution in [0.5, 0.6) is 0 Å². The molecule has 0 radical (unpaired) electrons. The molecule has 0 saturated carbocycles. The van der Waals surface area contributed by atoms with Crippen LogP contribution in [-0.2, 0) is 25.8 Å². The molecule has 6 nitrogen and oxygen atoms in total. The fourth-order valence-corrected chi connectivity index (χ4v) is 6.75. The van der Waals surface area contributed by atoms with E-state index in [1.54, 1.807) is 30.3 Å². The van der Waals surface area contributed by atoms with Crippen molar-refractivity contribution < 1.29 is 21.7 Å². The number of nitrogens with zero attached hydrogens (tertiary/aromatic N) is 1. The fraction of sp³-hybridized carbons (Fsp3) is 0.368. The van der Waals surface area contributed by atoms with Crippen LogP contribution in [0.25, 0.3) is 0 Å². The lowest BCUT2D eigenvalue weighted by Crippen LogP contribution is -3.12. The van der Waals surface area contributed by atoms with E-state index in [1.807, 2.05) is 13.8 Å². The SMILES string of the molecule is CC[NH+](CC)CCN(S(=O)(=O)Cc1ccccc1)S(=O)(=O)c1ccc(Cl)cc1. The quantitative estimate of drug-likeness (QED) is 0.604. The number of rotatable bonds is 10. The molecule has 154 valence electrons. The van der Waals surface area contributed by atoms with Gasteiger partial charge in [-0.05, 0) is 43.7 Å². The van der Waals surface area contributed by atoms with E-state index >= 15 is 0 Å². The minimum absolute atomic E-state index is 0.0944. The predicted molar refractivity (Wildman–Crippen MR) is 111 cm³/mol. The maximum Gasteiger partial charge on any atom is 0.256 e. The molecule has 2 aromatic rings. The zero-order chi connectivity index (χ0) is 20.8. The number of likely N-dealkylation sites (N-methyl/N-ethyl adjacent to an activating group) is 1. The number of quaternary nitrogens is 1. The Morgan fingerprint density at radius 1 is 0.893 bits per heavy atom. The van der Waals surface area contributed by atoms with Gasteiger partial charge in [0, 0.05) is 5.02 Å². The Balaban J connectivity index is 2.42. The molecule has 0 aliphatic rings. The summed E-state index contributed by atoms with van der Waals surface area (Å²) in [6.07, 6.45) is 0. The summed E-state index contributed by atoms with van der Waals surface area (Å²) >= 11 is 5.85. The highest BCUT2D eigenvalue weighted by Crippen LogP contribution is 2.22. The molecule has 2 aromatic carbocycles. The standard InChI is InChI=1S/C19H25ClN2O4S2/c1-3-21(4-2)14-15-22(27(23,24)16-17-8-6-5-7-9-17)28(25,26)19-12-10-18(20)11-13-19/h5-13H,3-4,14-16H2,1-2H3/p+1. The number of nitrogens with one attached hydrogen (secondary N) is 1. The molecule has 0 amide bonds. The predicted octanol–water partition coefficient (Wildman–Crippen LogP) is 1.79. The first-order valence-corrected chi connectivity index (χ1v) is 12.5. The van der Waals surface area contributed by atoms with E-state index in [1.165, 1.54) is 24.3 Å². The molecule has 28 heavy (non-hydrogen) atoms. The second-order valence-corrected chi connectivity index (χ2v) is 10.8. The first-order chi connectivity index (χ1) is 13.2. The number of hydrogen-bond acceptors (Lipinski definition) is 4. The summed E-state index contributed by atoms with van der Waals surface area (Å²) in [4.78, 5) is 1.02. The molecule has 9 heteroatoms. The third-order valence-corrected chi connectivity index (χ3v) is 9.14. The van der Waals surface area contributed by atoms with E-state index in [0.29, 0.717) is 20.8 Å². The summed E-state index contributed by atoms with van der Waals surface area (Å²) < 4.78 is 53.1. The number of sulfonamides is 2. The monoisotopic (exact) mass is 445 g/mol. The van der Waals surface area contributed by atoms with Gasteiger partial charge < -0.3 is 4.90 Å². The summed E-state index contributed by atoms with van der Waals surface area (Å²) in [5, 5.41) is 0.380. The van der Waals surface area contributed by atoms with Gasteiger partial charge in [0.05, 0.1) is 36.8 Å². The van der Waals surface area contributed by atoms with Crippen LogP contribution < -0.4 is 4.90 Å². The van der Waals surface area contributed by atoms with Crippen molar-refractivity contribution in [3.05, 3.63) is 65.2 Å². The topological polar surface area (TPSA) is 76.0 Å². The summed E-state index contributed by atoms with van der Waals surface area (Å²) in [6, 6.07) is 14.1. The average Bonchev–Trinajstić information content (AvgIpc) is 2.65. The molecule has 0 saturated heterocycles. The van der Waals surface area contributed by atoms with Crippen molar-refractivity contribution in [3.63, 3.8) is 0 Å². The van der Waals surface area contributed by atoms with Crippen LogP contribution in [0, 0.1) is 0 Å². The molecule has 0 unspecified atom stereocenters. The van der Waals surface area contributed by atoms with E-state index in [2.05, 4.69) is 0 Å². The van der Waals surface area contributed by atoms with Crippen LogP contribution in [0.1, 0.15) is 19.4 Å². The van der Waals surface area contributed by atoms with Gasteiger partial charge in [-0.15, -0.1) is 0 Å². The first-order valence-electron chi connectivity index (χ1n) is 9.09. The molecular weight excluding hydrogens is 420 g/mol. The molecule has 0 aliphatic heterocycles. The average molecular weight is 446 g/mol. The molecule has 1 N–H and O–H groups in total. The molecule has 0 aliphatic carbocycles. The third-order valence-electron chi connectivity index (χ3n) is 4.53. The third kappa shape index (κ3) is 5.78. The van der Waals surface area contributed by atoms with Crippen molar-refractivity contribution in [2.45, 2.75) is 24.5 Å². The maximum absolute atomic E-state index is 13.2. The van der Waals surface area contributed by atoms with Crippen LogP contribution >= 0.6 is 11.6 Å². The molecule has 0 spiro atoms. The van der Waals surface area contributed by atoms with Crippen LogP contribution in [0.15, 0.2) is 59.5 Å². The van der Waals surface area contributed by atoms with Gasteiger partial charge in [0.1, 0.15) is 0 Å². The zero-order valence-corrected chi connectivity index (χ0v) is 18.4. The van der Waals surface area contributed by atoms with Gasteiger partial charge in [-0.1, -0.05) is 45.6 Å². The minimum Gasteiger partial charge on any atom is -0.334 e. The molecule has 0 bridgehead atoms. The second kappa shape index (κ2) is 9.84. The number of hydrogen-bond donors (Lipinski definition) is 1. The highest BCUT2D eigenvalue weighted by Gasteiger charge is 2.36. The Hall–Kier alpha value is -1.45. The Bertz CT molecular complexity index is 959. The van der Waals surface area contributed by atoms with Gasteiger partial charge >= 0.3 is 0 Å². The van der Waals surface area contributed by atoms with Crippen molar-refractivity contribution >= 4 is 31.6 Å².